The highest BCUT2D eigenvalue weighted by molar-refractivity contribution is 8.01. The van der Waals surface area contributed by atoms with Gasteiger partial charge in [-0.05, 0) is 25.7 Å². The molecule has 0 bridgehead atoms. The van der Waals surface area contributed by atoms with E-state index in [1.807, 2.05) is 5.38 Å². The van der Waals surface area contributed by atoms with E-state index < -0.39 is 11.5 Å². The fraction of sp³-hybridized carbons (Fsp3) is 0.600. The second-order valence-electron chi connectivity index (χ2n) is 4.10. The lowest BCUT2D eigenvalue weighted by molar-refractivity contribution is -0.144. The Morgan fingerprint density at radius 1 is 1.75 bits per heavy atom. The molecule has 0 aromatic carbocycles. The van der Waals surface area contributed by atoms with E-state index in [-0.39, 0.29) is 5.25 Å². The SMILES string of the molecule is NC1(C(=O)O)CCCC(Sc2nccs2)C1. The molecule has 2 atom stereocenters. The van der Waals surface area contributed by atoms with E-state index in [9.17, 15) is 4.79 Å². The number of carboxylic acids is 1. The van der Waals surface area contributed by atoms with Crippen molar-refractivity contribution in [2.24, 2.45) is 5.73 Å². The topological polar surface area (TPSA) is 76.2 Å². The van der Waals surface area contributed by atoms with E-state index in [4.69, 9.17) is 10.8 Å². The molecule has 1 aliphatic carbocycles. The molecule has 1 aromatic rings. The van der Waals surface area contributed by atoms with Crippen molar-refractivity contribution in [2.45, 2.75) is 40.8 Å². The molecule has 1 heterocycles. The van der Waals surface area contributed by atoms with Crippen molar-refractivity contribution in [1.29, 1.82) is 0 Å². The number of nitrogens with zero attached hydrogens (tertiary/aromatic N) is 1. The van der Waals surface area contributed by atoms with Crippen molar-refractivity contribution in [3.05, 3.63) is 11.6 Å². The Hall–Kier alpha value is -0.590. The van der Waals surface area contributed by atoms with Crippen LogP contribution in [-0.2, 0) is 4.79 Å². The van der Waals surface area contributed by atoms with Crippen LogP contribution in [0.25, 0.3) is 0 Å². The van der Waals surface area contributed by atoms with Gasteiger partial charge in [-0.25, -0.2) is 4.98 Å². The van der Waals surface area contributed by atoms with Gasteiger partial charge in [-0.3, -0.25) is 4.79 Å². The van der Waals surface area contributed by atoms with Crippen LogP contribution in [0.1, 0.15) is 25.7 Å². The number of thioether (sulfide) groups is 1. The summed E-state index contributed by atoms with van der Waals surface area (Å²) in [5.41, 5.74) is 4.86. The van der Waals surface area contributed by atoms with Crippen LogP contribution in [0.5, 0.6) is 0 Å². The lowest BCUT2D eigenvalue weighted by atomic mass is 9.82. The van der Waals surface area contributed by atoms with Gasteiger partial charge in [0.1, 0.15) is 9.88 Å². The fourth-order valence-electron chi connectivity index (χ4n) is 1.96. The molecule has 1 aliphatic rings. The highest BCUT2D eigenvalue weighted by Gasteiger charge is 2.39. The van der Waals surface area contributed by atoms with Gasteiger partial charge in [-0.2, -0.15) is 0 Å². The maximum absolute atomic E-state index is 11.1. The number of carboxylic acid groups (broad SMARTS) is 1. The van der Waals surface area contributed by atoms with Gasteiger partial charge < -0.3 is 10.8 Å². The lowest BCUT2D eigenvalue weighted by Gasteiger charge is -2.33. The minimum atomic E-state index is -1.03. The first-order valence-corrected chi connectivity index (χ1v) is 6.94. The van der Waals surface area contributed by atoms with Gasteiger partial charge in [-0.1, -0.05) is 11.8 Å². The van der Waals surface area contributed by atoms with Crippen LogP contribution in [0.3, 0.4) is 0 Å². The Morgan fingerprint density at radius 3 is 3.19 bits per heavy atom. The van der Waals surface area contributed by atoms with E-state index in [2.05, 4.69) is 4.98 Å². The summed E-state index contributed by atoms with van der Waals surface area (Å²) in [7, 11) is 0. The van der Waals surface area contributed by atoms with Gasteiger partial charge >= 0.3 is 5.97 Å². The van der Waals surface area contributed by atoms with Gasteiger partial charge in [0.25, 0.3) is 0 Å². The number of thiazole rings is 1. The quantitative estimate of drug-likeness (QED) is 0.866. The van der Waals surface area contributed by atoms with Gasteiger partial charge in [0, 0.05) is 16.8 Å². The number of rotatable bonds is 3. The number of hydrogen-bond donors (Lipinski definition) is 2. The second-order valence-corrected chi connectivity index (χ2v) is 6.54. The number of nitrogens with two attached hydrogens (primary N) is 1. The van der Waals surface area contributed by atoms with Gasteiger partial charge in [0.2, 0.25) is 0 Å². The van der Waals surface area contributed by atoms with Crippen LogP contribution in [0.15, 0.2) is 15.9 Å². The molecule has 3 N–H and O–H groups in total. The Morgan fingerprint density at radius 2 is 2.56 bits per heavy atom. The monoisotopic (exact) mass is 258 g/mol. The minimum Gasteiger partial charge on any atom is -0.480 e. The molecule has 1 saturated carbocycles. The summed E-state index contributed by atoms with van der Waals surface area (Å²) in [5.74, 6) is -0.878. The molecule has 0 aliphatic heterocycles. The van der Waals surface area contributed by atoms with Crippen LogP contribution >= 0.6 is 23.1 Å². The standard InChI is InChI=1S/C10H14N2O2S2/c11-10(8(13)14)3-1-2-7(6-10)16-9-12-4-5-15-9/h4-5,7H,1-3,6,11H2,(H,13,14). The van der Waals surface area contributed by atoms with Crippen molar-refractivity contribution in [3.8, 4) is 0 Å². The Bertz CT molecular complexity index is 369. The third kappa shape index (κ3) is 2.56. The van der Waals surface area contributed by atoms with E-state index in [0.717, 1.165) is 17.2 Å². The van der Waals surface area contributed by atoms with Gasteiger partial charge in [0.05, 0.1) is 0 Å². The molecule has 0 spiro atoms. The summed E-state index contributed by atoms with van der Waals surface area (Å²) in [5, 5.41) is 11.3. The lowest BCUT2D eigenvalue weighted by Crippen LogP contribution is -2.51. The van der Waals surface area contributed by atoms with E-state index >= 15 is 0 Å². The first-order chi connectivity index (χ1) is 7.60. The molecule has 4 nitrogen and oxygen atoms in total. The smallest absolute Gasteiger partial charge is 0.323 e. The van der Waals surface area contributed by atoms with E-state index in [1.165, 1.54) is 0 Å². The summed E-state index contributed by atoms with van der Waals surface area (Å²) < 4.78 is 1.000. The molecule has 6 heteroatoms. The van der Waals surface area contributed by atoms with Crippen LogP contribution in [0.2, 0.25) is 0 Å². The van der Waals surface area contributed by atoms with Crippen molar-refractivity contribution in [3.63, 3.8) is 0 Å². The molecule has 2 unspecified atom stereocenters. The van der Waals surface area contributed by atoms with Crippen molar-refractivity contribution < 1.29 is 9.90 Å². The van der Waals surface area contributed by atoms with E-state index in [1.54, 1.807) is 29.3 Å². The zero-order valence-electron chi connectivity index (χ0n) is 8.76. The number of aromatic nitrogens is 1. The third-order valence-electron chi connectivity index (χ3n) is 2.84. The molecule has 0 amide bonds. The summed E-state index contributed by atoms with van der Waals surface area (Å²) in [6.07, 6.45) is 4.79. The Balaban J connectivity index is 1.99. The van der Waals surface area contributed by atoms with E-state index in [0.29, 0.717) is 12.8 Å². The maximum atomic E-state index is 11.1. The summed E-state index contributed by atoms with van der Waals surface area (Å²) >= 11 is 3.24. The zero-order valence-corrected chi connectivity index (χ0v) is 10.4. The van der Waals surface area contributed by atoms with Crippen LogP contribution in [-0.4, -0.2) is 26.8 Å². The van der Waals surface area contributed by atoms with Crippen LogP contribution in [0, 0.1) is 0 Å². The molecule has 1 fully saturated rings. The largest absolute Gasteiger partial charge is 0.480 e. The number of hydrogen-bond acceptors (Lipinski definition) is 5. The zero-order chi connectivity index (χ0) is 11.6. The van der Waals surface area contributed by atoms with Crippen LogP contribution in [0.4, 0.5) is 0 Å². The van der Waals surface area contributed by atoms with Gasteiger partial charge in [-0.15, -0.1) is 11.3 Å². The van der Waals surface area contributed by atoms with Gasteiger partial charge in [0.15, 0.2) is 0 Å². The average molecular weight is 258 g/mol. The Kier molecular flexibility index (Phi) is 3.51. The molecule has 16 heavy (non-hydrogen) atoms. The normalized spacial score (nSPS) is 30.2. The highest BCUT2D eigenvalue weighted by Crippen LogP contribution is 2.37. The summed E-state index contributed by atoms with van der Waals surface area (Å²) in [6, 6.07) is 0. The predicted octanol–water partition coefficient (Wildman–Crippen LogP) is 1.96. The molecule has 0 radical (unpaired) electrons. The number of aliphatic carboxylic acids is 1. The molecular weight excluding hydrogens is 244 g/mol. The molecule has 88 valence electrons. The first-order valence-electron chi connectivity index (χ1n) is 5.18. The molecule has 1 aromatic heterocycles. The highest BCUT2D eigenvalue weighted by atomic mass is 32.2. The maximum Gasteiger partial charge on any atom is 0.323 e. The second kappa shape index (κ2) is 4.73. The van der Waals surface area contributed by atoms with Crippen molar-refractivity contribution >= 4 is 29.1 Å². The molecular formula is C10H14N2O2S2. The summed E-state index contributed by atoms with van der Waals surface area (Å²) in [6.45, 7) is 0. The average Bonchev–Trinajstić information content (AvgIpc) is 2.70. The predicted molar refractivity (Wildman–Crippen MR) is 64.8 cm³/mol. The Labute approximate surface area is 102 Å². The number of carbonyl (C=O) groups is 1. The third-order valence-corrected chi connectivity index (χ3v) is 5.03. The van der Waals surface area contributed by atoms with Crippen molar-refractivity contribution in [2.75, 3.05) is 0 Å². The van der Waals surface area contributed by atoms with Crippen molar-refractivity contribution in [1.82, 2.24) is 4.98 Å². The first kappa shape index (κ1) is 11.9. The molecule has 0 saturated heterocycles. The minimum absolute atomic E-state index is 0.279. The van der Waals surface area contributed by atoms with Crippen LogP contribution < -0.4 is 5.73 Å². The summed E-state index contributed by atoms with van der Waals surface area (Å²) in [4.78, 5) is 15.3. The fourth-order valence-corrected chi connectivity index (χ4v) is 4.19. The molecule has 2 rings (SSSR count).